The number of ether oxygens (including phenoxy) is 1. The molecular formula is C26H32N6O2. The predicted molar refractivity (Wildman–Crippen MR) is 132 cm³/mol. The van der Waals surface area contributed by atoms with E-state index in [9.17, 15) is 4.79 Å². The minimum absolute atomic E-state index is 0.00442. The molecule has 8 heteroatoms. The van der Waals surface area contributed by atoms with Gasteiger partial charge in [-0.25, -0.2) is 14.8 Å². The van der Waals surface area contributed by atoms with Crippen LogP contribution in [0, 0.1) is 0 Å². The molecule has 3 aromatic rings. The highest BCUT2D eigenvalue weighted by molar-refractivity contribution is 5.93. The van der Waals surface area contributed by atoms with Crippen molar-refractivity contribution in [2.24, 2.45) is 0 Å². The normalized spacial score (nSPS) is 25.4. The van der Waals surface area contributed by atoms with E-state index in [2.05, 4.69) is 49.4 Å². The molecule has 2 unspecified atom stereocenters. The zero-order chi connectivity index (χ0) is 23.7. The minimum Gasteiger partial charge on any atom is -0.444 e. The SMILES string of the molecule is CC(C)(C)OC(=O)N[C@@H]1CCCc2c(C34CNc5ccccc5C3C4)c3c(N)ncnc3n2C1. The quantitative estimate of drug-likeness (QED) is 0.532. The number of carbonyl (C=O) groups excluding carboxylic acids is 1. The summed E-state index contributed by atoms with van der Waals surface area (Å²) in [6.07, 6.45) is 5.06. The Bertz CT molecular complexity index is 1290. The van der Waals surface area contributed by atoms with Crippen LogP contribution in [0.15, 0.2) is 30.6 Å². The lowest BCUT2D eigenvalue weighted by Gasteiger charge is -2.27. The summed E-state index contributed by atoms with van der Waals surface area (Å²) in [5, 5.41) is 7.76. The zero-order valence-electron chi connectivity index (χ0n) is 20.0. The maximum Gasteiger partial charge on any atom is 0.407 e. The largest absolute Gasteiger partial charge is 0.444 e. The molecule has 2 aliphatic heterocycles. The lowest BCUT2D eigenvalue weighted by molar-refractivity contribution is 0.0497. The van der Waals surface area contributed by atoms with Crippen molar-refractivity contribution in [2.75, 3.05) is 17.6 Å². The number of anilines is 2. The molecule has 4 heterocycles. The standard InChI is InChI=1S/C26H32N6O2/c1-25(2,3)34-24(33)31-15-7-6-10-19-21(20-22(27)29-14-30-23(20)32(19)12-15)26-11-17(26)16-8-4-5-9-18(16)28-13-26/h4-5,8-9,14-15,17,28H,6-7,10-13H2,1-3H3,(H,31,33)(H2,27,29,30)/t15-,17?,26?/m1/s1. The highest BCUT2D eigenvalue weighted by Crippen LogP contribution is 2.66. The van der Waals surface area contributed by atoms with Crippen LogP contribution >= 0.6 is 0 Å². The van der Waals surface area contributed by atoms with Crippen LogP contribution in [0.3, 0.4) is 0 Å². The molecule has 0 saturated heterocycles. The average molecular weight is 461 g/mol. The number of rotatable bonds is 2. The fourth-order valence-corrected chi connectivity index (χ4v) is 6.14. The summed E-state index contributed by atoms with van der Waals surface area (Å²) in [6, 6.07) is 8.59. The van der Waals surface area contributed by atoms with E-state index in [1.165, 1.54) is 22.5 Å². The number of carbonyl (C=O) groups is 1. The van der Waals surface area contributed by atoms with Gasteiger partial charge in [0.2, 0.25) is 0 Å². The maximum absolute atomic E-state index is 12.5. The number of fused-ring (bicyclic) bond motifs is 6. The van der Waals surface area contributed by atoms with Gasteiger partial charge >= 0.3 is 6.09 Å². The molecule has 8 nitrogen and oxygen atoms in total. The Kier molecular flexibility index (Phi) is 4.60. The van der Waals surface area contributed by atoms with Crippen LogP contribution in [0.4, 0.5) is 16.3 Å². The smallest absolute Gasteiger partial charge is 0.407 e. The van der Waals surface area contributed by atoms with Gasteiger partial charge in [0.25, 0.3) is 0 Å². The summed E-state index contributed by atoms with van der Waals surface area (Å²) in [5.74, 6) is 1.01. The highest BCUT2D eigenvalue weighted by atomic mass is 16.6. The van der Waals surface area contributed by atoms with Crippen molar-refractivity contribution in [1.82, 2.24) is 19.9 Å². The Balaban J connectivity index is 1.41. The van der Waals surface area contributed by atoms with Crippen LogP contribution in [-0.4, -0.2) is 38.8 Å². The van der Waals surface area contributed by atoms with Gasteiger partial charge in [-0.1, -0.05) is 18.2 Å². The number of aromatic nitrogens is 3. The van der Waals surface area contributed by atoms with E-state index < -0.39 is 5.60 Å². The first-order chi connectivity index (χ1) is 16.3. The molecule has 3 aliphatic rings. The molecule has 1 aliphatic carbocycles. The Morgan fingerprint density at radius 2 is 2.12 bits per heavy atom. The van der Waals surface area contributed by atoms with Crippen molar-refractivity contribution in [1.29, 1.82) is 0 Å². The summed E-state index contributed by atoms with van der Waals surface area (Å²) in [6.45, 7) is 7.17. The number of hydrogen-bond acceptors (Lipinski definition) is 6. The summed E-state index contributed by atoms with van der Waals surface area (Å²) in [7, 11) is 0. The molecule has 0 bridgehead atoms. The number of alkyl carbamates (subject to hydrolysis) is 1. The average Bonchev–Trinajstić information content (AvgIpc) is 3.49. The molecule has 3 atom stereocenters. The Morgan fingerprint density at radius 1 is 1.29 bits per heavy atom. The van der Waals surface area contributed by atoms with E-state index in [1.54, 1.807) is 6.33 Å². The van der Waals surface area contributed by atoms with Crippen LogP contribution in [-0.2, 0) is 23.1 Å². The van der Waals surface area contributed by atoms with Gasteiger partial charge in [-0.15, -0.1) is 0 Å². The minimum atomic E-state index is -0.528. The highest BCUT2D eigenvalue weighted by Gasteiger charge is 2.60. The van der Waals surface area contributed by atoms with E-state index >= 15 is 0 Å². The van der Waals surface area contributed by atoms with Crippen LogP contribution in [0.25, 0.3) is 11.0 Å². The predicted octanol–water partition coefficient (Wildman–Crippen LogP) is 4.09. The summed E-state index contributed by atoms with van der Waals surface area (Å²) < 4.78 is 7.80. The number of nitrogens with two attached hydrogens (primary N) is 1. The van der Waals surface area contributed by atoms with Crippen molar-refractivity contribution in [3.05, 3.63) is 47.4 Å². The van der Waals surface area contributed by atoms with Gasteiger partial charge in [0.1, 0.15) is 23.4 Å². The van der Waals surface area contributed by atoms with Crippen molar-refractivity contribution in [3.8, 4) is 0 Å². The molecule has 178 valence electrons. The molecule has 0 radical (unpaired) electrons. The van der Waals surface area contributed by atoms with E-state index in [-0.39, 0.29) is 17.6 Å². The fourth-order valence-electron chi connectivity index (χ4n) is 6.14. The summed E-state index contributed by atoms with van der Waals surface area (Å²) >= 11 is 0. The lowest BCUT2D eigenvalue weighted by Crippen LogP contribution is -2.40. The van der Waals surface area contributed by atoms with Gasteiger partial charge in [-0.3, -0.25) is 0 Å². The second-order valence-electron chi connectivity index (χ2n) is 11.0. The van der Waals surface area contributed by atoms with Crippen LogP contribution in [0.1, 0.15) is 62.8 Å². The van der Waals surface area contributed by atoms with E-state index in [1.807, 2.05) is 20.8 Å². The second kappa shape index (κ2) is 7.35. The van der Waals surface area contributed by atoms with Crippen LogP contribution < -0.4 is 16.4 Å². The number of benzene rings is 1. The Labute approximate surface area is 199 Å². The number of hydrogen-bond donors (Lipinski definition) is 3. The molecular weight excluding hydrogens is 428 g/mol. The topological polar surface area (TPSA) is 107 Å². The number of nitrogens with one attached hydrogen (secondary N) is 2. The van der Waals surface area contributed by atoms with Crippen molar-refractivity contribution >= 4 is 28.6 Å². The maximum atomic E-state index is 12.5. The fraction of sp³-hybridized carbons (Fsp3) is 0.500. The Morgan fingerprint density at radius 3 is 2.94 bits per heavy atom. The van der Waals surface area contributed by atoms with Gasteiger partial charge < -0.3 is 25.7 Å². The van der Waals surface area contributed by atoms with E-state index in [0.717, 1.165) is 43.3 Å². The molecule has 6 rings (SSSR count). The number of para-hydroxylation sites is 1. The monoisotopic (exact) mass is 460 g/mol. The molecule has 34 heavy (non-hydrogen) atoms. The molecule has 4 N–H and O–H groups in total. The third kappa shape index (κ3) is 3.30. The first kappa shape index (κ1) is 21.3. The third-order valence-corrected chi connectivity index (χ3v) is 7.57. The number of nitrogen functional groups attached to an aromatic ring is 1. The van der Waals surface area contributed by atoms with Crippen molar-refractivity contribution in [2.45, 2.75) is 76.0 Å². The van der Waals surface area contributed by atoms with Crippen molar-refractivity contribution in [3.63, 3.8) is 0 Å². The number of amides is 1. The molecule has 2 aromatic heterocycles. The van der Waals surface area contributed by atoms with Gasteiger partial charge in [-0.2, -0.15) is 0 Å². The van der Waals surface area contributed by atoms with Crippen molar-refractivity contribution < 1.29 is 9.53 Å². The molecule has 1 aromatic carbocycles. The van der Waals surface area contributed by atoms with Crippen LogP contribution in [0.2, 0.25) is 0 Å². The van der Waals surface area contributed by atoms with Crippen LogP contribution in [0.5, 0.6) is 0 Å². The summed E-state index contributed by atoms with van der Waals surface area (Å²) in [4.78, 5) is 21.6. The molecule has 0 spiro atoms. The van der Waals surface area contributed by atoms with E-state index in [4.69, 9.17) is 10.5 Å². The van der Waals surface area contributed by atoms with Gasteiger partial charge in [0, 0.05) is 29.9 Å². The van der Waals surface area contributed by atoms with Gasteiger partial charge in [-0.05, 0) is 69.6 Å². The second-order valence-corrected chi connectivity index (χ2v) is 11.0. The molecule has 1 amide bonds. The Hall–Kier alpha value is -3.29. The lowest BCUT2D eigenvalue weighted by atomic mass is 9.85. The first-order valence-electron chi connectivity index (χ1n) is 12.2. The zero-order valence-corrected chi connectivity index (χ0v) is 20.0. The van der Waals surface area contributed by atoms with Gasteiger partial charge in [0.15, 0.2) is 0 Å². The number of nitrogens with zero attached hydrogens (tertiary/aromatic N) is 3. The van der Waals surface area contributed by atoms with E-state index in [0.29, 0.717) is 18.3 Å². The molecule has 1 saturated carbocycles. The third-order valence-electron chi connectivity index (χ3n) is 7.57. The summed E-state index contributed by atoms with van der Waals surface area (Å²) in [5.41, 5.74) is 12.1. The molecule has 1 fully saturated rings. The first-order valence-corrected chi connectivity index (χ1v) is 12.2. The van der Waals surface area contributed by atoms with Gasteiger partial charge in [0.05, 0.1) is 11.4 Å².